The van der Waals surface area contributed by atoms with Crippen LogP contribution in [0.4, 0.5) is 0 Å². The monoisotopic (exact) mass is 210 g/mol. The Hall–Kier alpha value is -1.62. The van der Waals surface area contributed by atoms with Crippen LogP contribution in [0.15, 0.2) is 16.7 Å². The van der Waals surface area contributed by atoms with Gasteiger partial charge in [-0.25, -0.2) is 0 Å². The fourth-order valence-electron chi connectivity index (χ4n) is 1.60. The third-order valence-corrected chi connectivity index (χ3v) is 2.27. The van der Waals surface area contributed by atoms with Crippen LogP contribution in [0.5, 0.6) is 0 Å². The van der Waals surface area contributed by atoms with Crippen molar-refractivity contribution in [1.29, 1.82) is 0 Å². The molecule has 1 fully saturated rings. The van der Waals surface area contributed by atoms with E-state index in [9.17, 15) is 9.59 Å². The third kappa shape index (κ3) is 1.78. The Bertz CT molecular complexity index is 392. The van der Waals surface area contributed by atoms with E-state index in [1.165, 1.54) is 6.26 Å². The highest BCUT2D eigenvalue weighted by atomic mass is 16.6. The lowest BCUT2D eigenvalue weighted by atomic mass is 10.0. The van der Waals surface area contributed by atoms with Crippen LogP contribution in [0, 0.1) is 0 Å². The van der Waals surface area contributed by atoms with Gasteiger partial charge >= 0.3 is 11.9 Å². The Kier molecular flexibility index (Phi) is 2.55. The first-order valence-electron chi connectivity index (χ1n) is 4.52. The summed E-state index contributed by atoms with van der Waals surface area (Å²) in [4.78, 5) is 22.2. The minimum Gasteiger partial charge on any atom is -0.468 e. The summed E-state index contributed by atoms with van der Waals surface area (Å²) < 4.78 is 14.6. The van der Waals surface area contributed by atoms with Gasteiger partial charge in [0.2, 0.25) is 0 Å². The highest BCUT2D eigenvalue weighted by Crippen LogP contribution is 2.30. The number of rotatable bonds is 3. The van der Waals surface area contributed by atoms with E-state index < -0.39 is 17.9 Å². The average Bonchev–Trinajstić information content (AvgIpc) is 2.73. The highest BCUT2D eigenvalue weighted by molar-refractivity contribution is 5.97. The summed E-state index contributed by atoms with van der Waals surface area (Å²) in [7, 11) is 1.55. The fourth-order valence-corrected chi connectivity index (χ4v) is 1.60. The number of ether oxygens (including phenoxy) is 2. The molecule has 1 atom stereocenters. The maximum absolute atomic E-state index is 11.3. The topological polar surface area (TPSA) is 65.7 Å². The average molecular weight is 210 g/mol. The first kappa shape index (κ1) is 9.92. The summed E-state index contributed by atoms with van der Waals surface area (Å²) in [6, 6.07) is 1.72. The standard InChI is InChI=1S/C10H10O5/c1-13-5-6-2-3-14-9(6)7-4-8(11)15-10(7)12/h2-3,7H,4-5H2,1H3. The molecular weight excluding hydrogens is 200 g/mol. The van der Waals surface area contributed by atoms with Crippen LogP contribution in [0.2, 0.25) is 0 Å². The van der Waals surface area contributed by atoms with E-state index in [2.05, 4.69) is 4.74 Å². The van der Waals surface area contributed by atoms with Crippen molar-refractivity contribution in [3.05, 3.63) is 23.7 Å². The van der Waals surface area contributed by atoms with Gasteiger partial charge in [0.25, 0.3) is 0 Å². The quantitative estimate of drug-likeness (QED) is 0.549. The summed E-state index contributed by atoms with van der Waals surface area (Å²) >= 11 is 0. The molecule has 1 aromatic heterocycles. The van der Waals surface area contributed by atoms with Crippen molar-refractivity contribution in [2.24, 2.45) is 0 Å². The third-order valence-electron chi connectivity index (χ3n) is 2.27. The van der Waals surface area contributed by atoms with Gasteiger partial charge in [0, 0.05) is 12.7 Å². The summed E-state index contributed by atoms with van der Waals surface area (Å²) in [6.45, 7) is 0.351. The normalized spacial score (nSPS) is 20.7. The molecule has 1 saturated heterocycles. The van der Waals surface area contributed by atoms with Gasteiger partial charge in [0.1, 0.15) is 11.7 Å². The molecule has 15 heavy (non-hydrogen) atoms. The number of cyclic esters (lactones) is 2. The molecule has 0 bridgehead atoms. The van der Waals surface area contributed by atoms with Crippen molar-refractivity contribution in [3.63, 3.8) is 0 Å². The van der Waals surface area contributed by atoms with E-state index in [1.807, 2.05) is 0 Å². The smallest absolute Gasteiger partial charge is 0.324 e. The van der Waals surface area contributed by atoms with Crippen LogP contribution < -0.4 is 0 Å². The SMILES string of the molecule is COCc1ccoc1C1CC(=O)OC1=O. The van der Waals surface area contributed by atoms with Gasteiger partial charge in [-0.3, -0.25) is 9.59 Å². The second kappa shape index (κ2) is 3.86. The van der Waals surface area contributed by atoms with Crippen LogP contribution in [0.1, 0.15) is 23.7 Å². The summed E-state index contributed by atoms with van der Waals surface area (Å²) in [5, 5.41) is 0. The lowest BCUT2D eigenvalue weighted by Gasteiger charge is -2.03. The first-order chi connectivity index (χ1) is 7.22. The van der Waals surface area contributed by atoms with Gasteiger partial charge in [-0.15, -0.1) is 0 Å². The van der Waals surface area contributed by atoms with Crippen LogP contribution in [-0.4, -0.2) is 19.0 Å². The molecule has 0 aromatic carbocycles. The van der Waals surface area contributed by atoms with Crippen molar-refractivity contribution >= 4 is 11.9 Å². The van der Waals surface area contributed by atoms with Crippen LogP contribution in [0.25, 0.3) is 0 Å². The molecule has 80 valence electrons. The maximum atomic E-state index is 11.3. The molecule has 0 saturated carbocycles. The van der Waals surface area contributed by atoms with E-state index in [4.69, 9.17) is 9.15 Å². The largest absolute Gasteiger partial charge is 0.468 e. The molecule has 1 aromatic rings. The van der Waals surface area contributed by atoms with Gasteiger partial charge in [0.05, 0.1) is 19.3 Å². The molecule has 1 aliphatic rings. The molecule has 0 N–H and O–H groups in total. The van der Waals surface area contributed by atoms with Gasteiger partial charge in [-0.05, 0) is 6.07 Å². The molecule has 5 nitrogen and oxygen atoms in total. The van der Waals surface area contributed by atoms with E-state index in [-0.39, 0.29) is 6.42 Å². The zero-order valence-electron chi connectivity index (χ0n) is 8.19. The van der Waals surface area contributed by atoms with Crippen molar-refractivity contribution in [2.75, 3.05) is 7.11 Å². The molecular formula is C10H10O5. The van der Waals surface area contributed by atoms with Crippen LogP contribution >= 0.6 is 0 Å². The second-order valence-electron chi connectivity index (χ2n) is 3.29. The predicted octanol–water partition coefficient (Wildman–Crippen LogP) is 0.983. The Labute approximate surface area is 86.0 Å². The van der Waals surface area contributed by atoms with Crippen molar-refractivity contribution in [3.8, 4) is 0 Å². The number of carbonyl (C=O) groups is 2. The first-order valence-corrected chi connectivity index (χ1v) is 4.52. The van der Waals surface area contributed by atoms with Gasteiger partial charge in [-0.2, -0.15) is 0 Å². The van der Waals surface area contributed by atoms with E-state index in [0.717, 1.165) is 5.56 Å². The summed E-state index contributed by atoms with van der Waals surface area (Å²) in [5.74, 6) is -1.21. The molecule has 0 radical (unpaired) electrons. The van der Waals surface area contributed by atoms with E-state index in [1.54, 1.807) is 13.2 Å². The number of methoxy groups -OCH3 is 1. The lowest BCUT2D eigenvalue weighted by molar-refractivity contribution is -0.152. The Morgan fingerprint density at radius 1 is 1.53 bits per heavy atom. The predicted molar refractivity (Wildman–Crippen MR) is 47.9 cm³/mol. The maximum Gasteiger partial charge on any atom is 0.324 e. The zero-order chi connectivity index (χ0) is 10.8. The molecule has 2 rings (SSSR count). The van der Waals surface area contributed by atoms with Crippen LogP contribution in [0.3, 0.4) is 0 Å². The van der Waals surface area contributed by atoms with Gasteiger partial charge < -0.3 is 13.9 Å². The molecule has 1 aliphatic heterocycles. The number of furan rings is 1. The lowest BCUT2D eigenvalue weighted by Crippen LogP contribution is -2.07. The van der Waals surface area contributed by atoms with Crippen LogP contribution in [-0.2, 0) is 25.7 Å². The molecule has 0 amide bonds. The Balaban J connectivity index is 2.25. The summed E-state index contributed by atoms with van der Waals surface area (Å²) in [6.07, 6.45) is 1.52. The zero-order valence-corrected chi connectivity index (χ0v) is 8.19. The van der Waals surface area contributed by atoms with Crippen molar-refractivity contribution in [2.45, 2.75) is 18.9 Å². The number of hydrogen-bond donors (Lipinski definition) is 0. The van der Waals surface area contributed by atoms with Gasteiger partial charge in [-0.1, -0.05) is 0 Å². The fraction of sp³-hybridized carbons (Fsp3) is 0.400. The molecule has 5 heteroatoms. The summed E-state index contributed by atoms with van der Waals surface area (Å²) in [5.41, 5.74) is 0.772. The molecule has 2 heterocycles. The highest BCUT2D eigenvalue weighted by Gasteiger charge is 2.38. The van der Waals surface area contributed by atoms with E-state index >= 15 is 0 Å². The number of hydrogen-bond acceptors (Lipinski definition) is 5. The van der Waals surface area contributed by atoms with Gasteiger partial charge in [0.15, 0.2) is 0 Å². The number of esters is 2. The van der Waals surface area contributed by atoms with E-state index in [0.29, 0.717) is 12.4 Å². The van der Waals surface area contributed by atoms with Crippen molar-refractivity contribution in [1.82, 2.24) is 0 Å². The number of carbonyl (C=O) groups excluding carboxylic acids is 2. The van der Waals surface area contributed by atoms with Crippen molar-refractivity contribution < 1.29 is 23.5 Å². The Morgan fingerprint density at radius 2 is 2.33 bits per heavy atom. The minimum absolute atomic E-state index is 0.0447. The second-order valence-corrected chi connectivity index (χ2v) is 3.29. The molecule has 1 unspecified atom stereocenters. The molecule has 0 aliphatic carbocycles. The molecule has 0 spiro atoms. The Morgan fingerprint density at radius 3 is 2.93 bits per heavy atom. The minimum atomic E-state index is -0.613.